The van der Waals surface area contributed by atoms with Crippen LogP contribution in [0.1, 0.15) is 49.4 Å². The minimum atomic E-state index is -0.143. The van der Waals surface area contributed by atoms with Crippen LogP contribution in [0.25, 0.3) is 0 Å². The van der Waals surface area contributed by atoms with Gasteiger partial charge in [-0.2, -0.15) is 0 Å². The van der Waals surface area contributed by atoms with Crippen molar-refractivity contribution in [3.05, 3.63) is 29.8 Å². The first-order chi connectivity index (χ1) is 9.69. The number of hydrogen-bond acceptors (Lipinski definition) is 4. The zero-order chi connectivity index (χ0) is 14.4. The molecular formula is C16H20O3S. The SMILES string of the molecule is CCC(=O)c1ccc(SCC(=O)OC2CCCC2)cc1. The summed E-state index contributed by atoms with van der Waals surface area (Å²) in [5, 5.41) is 0. The molecule has 1 aromatic rings. The molecule has 0 radical (unpaired) electrons. The first kappa shape index (κ1) is 15.1. The van der Waals surface area contributed by atoms with Crippen LogP contribution in [0.2, 0.25) is 0 Å². The Bertz CT molecular complexity index is 461. The molecule has 0 amide bonds. The summed E-state index contributed by atoms with van der Waals surface area (Å²) < 4.78 is 5.40. The van der Waals surface area contributed by atoms with Crippen molar-refractivity contribution in [2.75, 3.05) is 5.75 Å². The standard InChI is InChI=1S/C16H20O3S/c1-2-15(17)12-7-9-14(10-8-12)20-11-16(18)19-13-5-3-4-6-13/h7-10,13H,2-6,11H2,1H3. The van der Waals surface area contributed by atoms with E-state index in [1.165, 1.54) is 11.8 Å². The predicted molar refractivity (Wildman–Crippen MR) is 80.1 cm³/mol. The molecule has 0 atom stereocenters. The van der Waals surface area contributed by atoms with Crippen LogP contribution in [0.15, 0.2) is 29.2 Å². The second-order valence-corrected chi connectivity index (χ2v) is 6.03. The maximum atomic E-state index is 11.7. The topological polar surface area (TPSA) is 43.4 Å². The Kier molecular flexibility index (Phi) is 5.65. The van der Waals surface area contributed by atoms with E-state index in [1.54, 1.807) is 0 Å². The van der Waals surface area contributed by atoms with Gasteiger partial charge in [-0.25, -0.2) is 0 Å². The van der Waals surface area contributed by atoms with Crippen molar-refractivity contribution in [3.63, 3.8) is 0 Å². The van der Waals surface area contributed by atoms with Crippen LogP contribution in [-0.2, 0) is 9.53 Å². The van der Waals surface area contributed by atoms with E-state index in [4.69, 9.17) is 4.74 Å². The lowest BCUT2D eigenvalue weighted by molar-refractivity contribution is -0.145. The van der Waals surface area contributed by atoms with Gasteiger partial charge in [0.15, 0.2) is 5.78 Å². The van der Waals surface area contributed by atoms with Crippen LogP contribution in [-0.4, -0.2) is 23.6 Å². The largest absolute Gasteiger partial charge is 0.462 e. The van der Waals surface area contributed by atoms with Gasteiger partial charge in [-0.15, -0.1) is 11.8 Å². The molecule has 20 heavy (non-hydrogen) atoms. The van der Waals surface area contributed by atoms with Crippen LogP contribution in [0.5, 0.6) is 0 Å². The van der Waals surface area contributed by atoms with Crippen molar-refractivity contribution >= 4 is 23.5 Å². The van der Waals surface area contributed by atoms with Crippen LogP contribution in [0, 0.1) is 0 Å². The fourth-order valence-corrected chi connectivity index (χ4v) is 2.99. The summed E-state index contributed by atoms with van der Waals surface area (Å²) in [7, 11) is 0. The van der Waals surface area contributed by atoms with E-state index in [1.807, 2.05) is 31.2 Å². The molecule has 0 spiro atoms. The Hall–Kier alpha value is -1.29. The lowest BCUT2D eigenvalue weighted by Crippen LogP contribution is -2.16. The molecule has 0 aromatic heterocycles. The monoisotopic (exact) mass is 292 g/mol. The maximum absolute atomic E-state index is 11.7. The number of ether oxygens (including phenoxy) is 1. The Morgan fingerprint density at radius 2 is 1.85 bits per heavy atom. The molecule has 1 aliphatic carbocycles. The van der Waals surface area contributed by atoms with Gasteiger partial charge >= 0.3 is 5.97 Å². The number of esters is 1. The maximum Gasteiger partial charge on any atom is 0.316 e. The second kappa shape index (κ2) is 7.48. The van der Waals surface area contributed by atoms with Gasteiger partial charge in [0.05, 0.1) is 5.75 Å². The fraction of sp³-hybridized carbons (Fsp3) is 0.500. The molecule has 0 N–H and O–H groups in total. The fourth-order valence-electron chi connectivity index (χ4n) is 2.31. The summed E-state index contributed by atoms with van der Waals surface area (Å²) in [5.74, 6) is 0.329. The van der Waals surface area contributed by atoms with E-state index in [9.17, 15) is 9.59 Å². The second-order valence-electron chi connectivity index (χ2n) is 4.99. The van der Waals surface area contributed by atoms with Gasteiger partial charge in [-0.1, -0.05) is 19.1 Å². The van der Waals surface area contributed by atoms with Crippen molar-refractivity contribution in [1.82, 2.24) is 0 Å². The van der Waals surface area contributed by atoms with Gasteiger partial charge in [0, 0.05) is 16.9 Å². The van der Waals surface area contributed by atoms with Crippen molar-refractivity contribution in [2.45, 2.75) is 50.0 Å². The smallest absolute Gasteiger partial charge is 0.316 e. The summed E-state index contributed by atoms with van der Waals surface area (Å²) >= 11 is 1.45. The third kappa shape index (κ3) is 4.37. The molecule has 0 unspecified atom stereocenters. The summed E-state index contributed by atoms with van der Waals surface area (Å²) in [5.41, 5.74) is 0.727. The minimum absolute atomic E-state index is 0.132. The molecule has 0 aliphatic heterocycles. The van der Waals surface area contributed by atoms with Gasteiger partial charge in [0.25, 0.3) is 0 Å². The Morgan fingerprint density at radius 3 is 2.45 bits per heavy atom. The van der Waals surface area contributed by atoms with E-state index in [2.05, 4.69) is 0 Å². The summed E-state index contributed by atoms with van der Waals surface area (Å²) in [4.78, 5) is 24.2. The number of thioether (sulfide) groups is 1. The van der Waals surface area contributed by atoms with E-state index in [0.717, 1.165) is 36.1 Å². The molecule has 1 fully saturated rings. The van der Waals surface area contributed by atoms with Crippen molar-refractivity contribution in [3.8, 4) is 0 Å². The third-order valence-electron chi connectivity index (χ3n) is 3.45. The molecular weight excluding hydrogens is 272 g/mol. The average molecular weight is 292 g/mol. The van der Waals surface area contributed by atoms with E-state index >= 15 is 0 Å². The molecule has 0 bridgehead atoms. The van der Waals surface area contributed by atoms with Crippen LogP contribution >= 0.6 is 11.8 Å². The zero-order valence-corrected chi connectivity index (χ0v) is 12.6. The van der Waals surface area contributed by atoms with Gasteiger partial charge in [-0.3, -0.25) is 9.59 Å². The molecule has 4 heteroatoms. The number of carbonyl (C=O) groups excluding carboxylic acids is 2. The number of ketones is 1. The van der Waals surface area contributed by atoms with E-state index < -0.39 is 0 Å². The molecule has 0 saturated heterocycles. The number of Topliss-reactive ketones (excluding diaryl/α,β-unsaturated/α-hetero) is 1. The highest BCUT2D eigenvalue weighted by molar-refractivity contribution is 8.00. The van der Waals surface area contributed by atoms with E-state index in [-0.39, 0.29) is 17.9 Å². The van der Waals surface area contributed by atoms with Gasteiger partial charge in [0.2, 0.25) is 0 Å². The summed E-state index contributed by atoms with van der Waals surface area (Å²) in [6.07, 6.45) is 4.98. The molecule has 2 rings (SSSR count). The predicted octanol–water partition coefficient (Wildman–Crippen LogP) is 3.86. The van der Waals surface area contributed by atoms with Gasteiger partial charge in [0.1, 0.15) is 6.10 Å². The molecule has 1 aromatic carbocycles. The average Bonchev–Trinajstić information content (AvgIpc) is 2.97. The first-order valence-electron chi connectivity index (χ1n) is 7.14. The lowest BCUT2D eigenvalue weighted by Gasteiger charge is -2.10. The number of rotatable bonds is 6. The lowest BCUT2D eigenvalue weighted by atomic mass is 10.1. The summed E-state index contributed by atoms with van der Waals surface area (Å²) in [6.45, 7) is 1.85. The Labute approximate surface area is 124 Å². The molecule has 1 saturated carbocycles. The molecule has 0 heterocycles. The van der Waals surface area contributed by atoms with Crippen molar-refractivity contribution in [1.29, 1.82) is 0 Å². The zero-order valence-electron chi connectivity index (χ0n) is 11.8. The number of hydrogen-bond donors (Lipinski definition) is 0. The Balaban J connectivity index is 1.78. The Morgan fingerprint density at radius 1 is 1.20 bits per heavy atom. The van der Waals surface area contributed by atoms with Crippen LogP contribution < -0.4 is 0 Å². The van der Waals surface area contributed by atoms with Crippen LogP contribution in [0.3, 0.4) is 0 Å². The highest BCUT2D eigenvalue weighted by Gasteiger charge is 2.19. The van der Waals surface area contributed by atoms with Crippen molar-refractivity contribution < 1.29 is 14.3 Å². The van der Waals surface area contributed by atoms with E-state index in [0.29, 0.717) is 12.2 Å². The summed E-state index contributed by atoms with van der Waals surface area (Å²) in [6, 6.07) is 7.40. The normalized spacial score (nSPS) is 15.2. The highest BCUT2D eigenvalue weighted by atomic mass is 32.2. The molecule has 108 valence electrons. The minimum Gasteiger partial charge on any atom is -0.462 e. The van der Waals surface area contributed by atoms with Gasteiger partial charge in [-0.05, 0) is 37.8 Å². The number of carbonyl (C=O) groups is 2. The third-order valence-corrected chi connectivity index (χ3v) is 4.44. The van der Waals surface area contributed by atoms with Crippen LogP contribution in [0.4, 0.5) is 0 Å². The molecule has 3 nitrogen and oxygen atoms in total. The molecule has 1 aliphatic rings. The quantitative estimate of drug-likeness (QED) is 0.454. The number of benzene rings is 1. The highest BCUT2D eigenvalue weighted by Crippen LogP contribution is 2.23. The van der Waals surface area contributed by atoms with Crippen molar-refractivity contribution in [2.24, 2.45) is 0 Å². The first-order valence-corrected chi connectivity index (χ1v) is 8.13. The van der Waals surface area contributed by atoms with Gasteiger partial charge < -0.3 is 4.74 Å².